The molecule has 1 fully saturated rings. The SMILES string of the molecule is CCC(C)C(NC(=O)C1CCCN1C(=O)C(N)CS)C(=O)NC(CC(=O)O)C(=O)O. The average Bonchev–Trinajstić information content (AvgIpc) is 3.18. The number of nitrogens with two attached hydrogens (primary N) is 1. The number of thiol groups is 1. The highest BCUT2D eigenvalue weighted by Crippen LogP contribution is 2.19. The molecule has 5 unspecified atom stereocenters. The number of aliphatic carboxylic acids is 2. The van der Waals surface area contributed by atoms with Crippen LogP contribution in [0.25, 0.3) is 0 Å². The molecule has 0 aliphatic carbocycles. The fourth-order valence-electron chi connectivity index (χ4n) is 3.18. The minimum Gasteiger partial charge on any atom is -0.481 e. The van der Waals surface area contributed by atoms with E-state index in [4.69, 9.17) is 15.9 Å². The van der Waals surface area contributed by atoms with Gasteiger partial charge in [0.2, 0.25) is 17.7 Å². The van der Waals surface area contributed by atoms with Crippen LogP contribution in [0.1, 0.15) is 39.5 Å². The molecule has 11 nitrogen and oxygen atoms in total. The Bertz CT molecular complexity index is 675. The molecule has 0 bridgehead atoms. The maximum Gasteiger partial charge on any atom is 0.326 e. The topological polar surface area (TPSA) is 179 Å². The van der Waals surface area contributed by atoms with Gasteiger partial charge in [-0.3, -0.25) is 19.2 Å². The van der Waals surface area contributed by atoms with E-state index < -0.39 is 60.2 Å². The number of hydrogen-bond acceptors (Lipinski definition) is 7. The summed E-state index contributed by atoms with van der Waals surface area (Å²) in [5.74, 6) is -4.85. The number of carboxylic acids is 2. The normalized spacial score (nSPS) is 20.0. The molecule has 1 aliphatic rings. The zero-order chi connectivity index (χ0) is 23.0. The molecule has 170 valence electrons. The van der Waals surface area contributed by atoms with Gasteiger partial charge >= 0.3 is 11.9 Å². The predicted octanol–water partition coefficient (Wildman–Crippen LogP) is -1.19. The third-order valence-corrected chi connectivity index (χ3v) is 5.53. The van der Waals surface area contributed by atoms with Gasteiger partial charge in [-0.25, -0.2) is 4.79 Å². The van der Waals surface area contributed by atoms with Crippen molar-refractivity contribution in [3.63, 3.8) is 0 Å². The molecule has 3 amide bonds. The second-order valence-electron chi connectivity index (χ2n) is 7.35. The minimum absolute atomic E-state index is 0.127. The second-order valence-corrected chi connectivity index (χ2v) is 7.71. The highest BCUT2D eigenvalue weighted by Gasteiger charge is 2.38. The van der Waals surface area contributed by atoms with Gasteiger partial charge in [-0.05, 0) is 18.8 Å². The molecular weight excluding hydrogens is 416 g/mol. The summed E-state index contributed by atoms with van der Waals surface area (Å²) in [6.07, 6.45) is 0.702. The monoisotopic (exact) mass is 446 g/mol. The van der Waals surface area contributed by atoms with Gasteiger partial charge in [0.25, 0.3) is 0 Å². The molecule has 1 rings (SSSR count). The number of rotatable bonds is 11. The molecule has 1 saturated heterocycles. The molecule has 1 heterocycles. The number of carbonyl (C=O) groups excluding carboxylic acids is 3. The molecule has 6 N–H and O–H groups in total. The summed E-state index contributed by atoms with van der Waals surface area (Å²) in [5.41, 5.74) is 5.73. The quantitative estimate of drug-likeness (QED) is 0.214. The van der Waals surface area contributed by atoms with Gasteiger partial charge in [-0.1, -0.05) is 20.3 Å². The maximum absolute atomic E-state index is 12.8. The molecule has 12 heteroatoms. The standard InChI is InChI=1S/C18H30N4O7S/c1-3-9(2)14(16(26)20-11(18(28)29)7-13(23)24)21-15(25)12-5-4-6-22(12)17(27)10(19)8-30/h9-12,14,30H,3-8,19H2,1-2H3,(H,20,26)(H,21,25)(H,23,24)(H,28,29). The first-order valence-corrected chi connectivity index (χ1v) is 10.4. The third-order valence-electron chi connectivity index (χ3n) is 5.14. The van der Waals surface area contributed by atoms with Crippen LogP contribution in [0.3, 0.4) is 0 Å². The zero-order valence-electron chi connectivity index (χ0n) is 17.0. The fourth-order valence-corrected chi connectivity index (χ4v) is 3.34. The molecule has 0 aromatic carbocycles. The van der Waals surface area contributed by atoms with Gasteiger partial charge in [0, 0.05) is 12.3 Å². The summed E-state index contributed by atoms with van der Waals surface area (Å²) in [4.78, 5) is 61.4. The number of hydrogen-bond donors (Lipinski definition) is 6. The molecule has 0 saturated carbocycles. The Morgan fingerprint density at radius 1 is 1.20 bits per heavy atom. The summed E-state index contributed by atoms with van der Waals surface area (Å²) in [7, 11) is 0. The van der Waals surface area contributed by atoms with E-state index in [1.165, 1.54) is 4.90 Å². The second kappa shape index (κ2) is 11.7. The number of nitrogens with zero attached hydrogens (tertiary/aromatic N) is 1. The van der Waals surface area contributed by atoms with Gasteiger partial charge in [0.1, 0.15) is 18.1 Å². The summed E-state index contributed by atoms with van der Waals surface area (Å²) in [6.45, 7) is 3.85. The maximum atomic E-state index is 12.8. The highest BCUT2D eigenvalue weighted by atomic mass is 32.1. The Labute approximate surface area is 180 Å². The van der Waals surface area contributed by atoms with Crippen LogP contribution in [0.15, 0.2) is 0 Å². The van der Waals surface area contributed by atoms with E-state index in [9.17, 15) is 24.0 Å². The third kappa shape index (κ3) is 6.87. The molecule has 0 spiro atoms. The van der Waals surface area contributed by atoms with Crippen molar-refractivity contribution < 1.29 is 34.2 Å². The molecule has 0 aromatic heterocycles. The van der Waals surface area contributed by atoms with E-state index in [1.54, 1.807) is 13.8 Å². The van der Waals surface area contributed by atoms with Crippen molar-refractivity contribution in [2.24, 2.45) is 11.7 Å². The van der Waals surface area contributed by atoms with Crippen LogP contribution in [-0.4, -0.2) is 81.2 Å². The number of likely N-dealkylation sites (tertiary alicyclic amines) is 1. The molecule has 0 radical (unpaired) electrons. The Morgan fingerprint density at radius 3 is 2.33 bits per heavy atom. The van der Waals surface area contributed by atoms with Gasteiger partial charge in [0.05, 0.1) is 12.5 Å². The van der Waals surface area contributed by atoms with Crippen molar-refractivity contribution >= 4 is 42.3 Å². The van der Waals surface area contributed by atoms with Crippen LogP contribution < -0.4 is 16.4 Å². The van der Waals surface area contributed by atoms with E-state index in [1.807, 2.05) is 0 Å². The fraction of sp³-hybridized carbons (Fsp3) is 0.722. The lowest BCUT2D eigenvalue weighted by Gasteiger charge is -2.30. The van der Waals surface area contributed by atoms with Crippen molar-refractivity contribution in [2.45, 2.75) is 63.7 Å². The van der Waals surface area contributed by atoms with Crippen LogP contribution >= 0.6 is 12.6 Å². The van der Waals surface area contributed by atoms with Gasteiger partial charge in [0.15, 0.2) is 0 Å². The van der Waals surface area contributed by atoms with Crippen molar-refractivity contribution in [1.29, 1.82) is 0 Å². The summed E-state index contributed by atoms with van der Waals surface area (Å²) in [6, 6.07) is -4.36. The summed E-state index contributed by atoms with van der Waals surface area (Å²) < 4.78 is 0. The lowest BCUT2D eigenvalue weighted by molar-refractivity contribution is -0.147. The van der Waals surface area contributed by atoms with E-state index in [0.29, 0.717) is 25.8 Å². The van der Waals surface area contributed by atoms with Gasteiger partial charge in [-0.2, -0.15) is 12.6 Å². The Kier molecular flexibility index (Phi) is 10.1. The van der Waals surface area contributed by atoms with Crippen molar-refractivity contribution in [1.82, 2.24) is 15.5 Å². The molecule has 1 aliphatic heterocycles. The molecule has 0 aromatic rings. The van der Waals surface area contributed by atoms with Crippen LogP contribution in [0.5, 0.6) is 0 Å². The first kappa shape index (κ1) is 25.7. The largest absolute Gasteiger partial charge is 0.481 e. The number of nitrogens with one attached hydrogen (secondary N) is 2. The van der Waals surface area contributed by atoms with E-state index >= 15 is 0 Å². The lowest BCUT2D eigenvalue weighted by Crippen LogP contribution is -2.58. The molecule has 30 heavy (non-hydrogen) atoms. The summed E-state index contributed by atoms with van der Waals surface area (Å²) >= 11 is 4.01. The Balaban J connectivity index is 2.94. The average molecular weight is 447 g/mol. The highest BCUT2D eigenvalue weighted by molar-refractivity contribution is 7.80. The molecule has 5 atom stereocenters. The van der Waals surface area contributed by atoms with Crippen LogP contribution in [0.4, 0.5) is 0 Å². The van der Waals surface area contributed by atoms with E-state index in [2.05, 4.69) is 23.3 Å². The number of amides is 3. The first-order chi connectivity index (χ1) is 14.0. The van der Waals surface area contributed by atoms with Crippen LogP contribution in [-0.2, 0) is 24.0 Å². The van der Waals surface area contributed by atoms with Crippen LogP contribution in [0, 0.1) is 5.92 Å². The smallest absolute Gasteiger partial charge is 0.326 e. The Hall–Kier alpha value is -2.34. The van der Waals surface area contributed by atoms with Gasteiger partial charge in [-0.15, -0.1) is 0 Å². The van der Waals surface area contributed by atoms with Crippen LogP contribution in [0.2, 0.25) is 0 Å². The lowest BCUT2D eigenvalue weighted by atomic mass is 9.97. The van der Waals surface area contributed by atoms with E-state index in [-0.39, 0.29) is 11.7 Å². The first-order valence-electron chi connectivity index (χ1n) is 9.75. The molecular formula is C18H30N4O7S. The van der Waals surface area contributed by atoms with Crippen molar-refractivity contribution in [2.75, 3.05) is 12.3 Å². The minimum atomic E-state index is -1.63. The number of carboxylic acid groups (broad SMARTS) is 2. The predicted molar refractivity (Wildman–Crippen MR) is 110 cm³/mol. The van der Waals surface area contributed by atoms with Crippen molar-refractivity contribution in [3.8, 4) is 0 Å². The number of carbonyl (C=O) groups is 5. The van der Waals surface area contributed by atoms with Gasteiger partial charge < -0.3 is 31.5 Å². The van der Waals surface area contributed by atoms with Crippen molar-refractivity contribution in [3.05, 3.63) is 0 Å². The Morgan fingerprint density at radius 2 is 1.83 bits per heavy atom. The zero-order valence-corrected chi connectivity index (χ0v) is 17.9. The summed E-state index contributed by atoms with van der Waals surface area (Å²) in [5, 5.41) is 22.8. The van der Waals surface area contributed by atoms with E-state index in [0.717, 1.165) is 0 Å².